The van der Waals surface area contributed by atoms with Crippen LogP contribution in [0.25, 0.3) is 33.5 Å². The molecule has 3 aromatic heterocycles. The summed E-state index contributed by atoms with van der Waals surface area (Å²) in [5.74, 6) is 1.01. The summed E-state index contributed by atoms with van der Waals surface area (Å²) in [6.45, 7) is 0. The highest BCUT2D eigenvalue weighted by Crippen LogP contribution is 2.26. The number of amides is 2. The van der Waals surface area contributed by atoms with E-state index in [-0.39, 0.29) is 17.9 Å². The number of H-pyrrole nitrogens is 2. The maximum atomic E-state index is 13.1. The average molecular weight is 511 g/mol. The molecule has 0 aliphatic heterocycles. The molecular weight excluding hydrogens is 480 g/mol. The molecule has 38 heavy (non-hydrogen) atoms. The van der Waals surface area contributed by atoms with E-state index in [0.717, 1.165) is 35.9 Å². The monoisotopic (exact) mass is 510 g/mol. The Bertz CT molecular complexity index is 1520. The van der Waals surface area contributed by atoms with Gasteiger partial charge in [0.2, 0.25) is 5.91 Å². The summed E-state index contributed by atoms with van der Waals surface area (Å²) in [7, 11) is 1.64. The molecule has 0 aliphatic rings. The highest BCUT2D eigenvalue weighted by atomic mass is 16.3. The molecular formula is C29H30N6O3. The normalized spacial score (nSPS) is 11.9. The Balaban J connectivity index is 1.32. The minimum absolute atomic E-state index is 0.0347. The summed E-state index contributed by atoms with van der Waals surface area (Å²) in [5, 5.41) is 15.1. The van der Waals surface area contributed by atoms with Crippen molar-refractivity contribution in [2.75, 3.05) is 7.05 Å². The predicted octanol–water partition coefficient (Wildman–Crippen LogP) is 5.38. The predicted molar refractivity (Wildman–Crippen MR) is 145 cm³/mol. The molecule has 2 amide bonds. The molecule has 0 saturated heterocycles. The first-order chi connectivity index (χ1) is 18.6. The van der Waals surface area contributed by atoms with Crippen LogP contribution < -0.4 is 10.6 Å². The molecule has 0 spiro atoms. The van der Waals surface area contributed by atoms with Crippen molar-refractivity contribution in [3.8, 4) is 22.7 Å². The van der Waals surface area contributed by atoms with Crippen molar-refractivity contribution in [1.82, 2.24) is 30.8 Å². The van der Waals surface area contributed by atoms with Crippen LogP contribution in [0.3, 0.4) is 0 Å². The number of nitrogens with one attached hydrogen (secondary N) is 4. The molecule has 2 aromatic carbocycles. The number of hydrogen-bond acceptors (Lipinski definition) is 5. The van der Waals surface area contributed by atoms with E-state index in [9.17, 15) is 9.59 Å². The summed E-state index contributed by atoms with van der Waals surface area (Å²) >= 11 is 0. The molecule has 9 nitrogen and oxygen atoms in total. The van der Waals surface area contributed by atoms with Crippen LogP contribution >= 0.6 is 0 Å². The van der Waals surface area contributed by atoms with Crippen LogP contribution in [0.2, 0.25) is 0 Å². The first-order valence-corrected chi connectivity index (χ1v) is 12.8. The standard InChI is InChI=1S/C29H30N6O3/c1-30-27(36)12-4-2-3-10-22(33-29(37)24-17-23(34-35-24)26-11-7-15-38-26)28-31-18-25(32-28)21-14-13-19-8-5-6-9-20(19)16-21/h5-9,11,13-18,22H,2-4,10,12H2,1H3,(H,30,36)(H,31,32)(H,33,37)(H,34,35). The fraction of sp³-hybridized carbons (Fsp3) is 0.241. The zero-order valence-corrected chi connectivity index (χ0v) is 21.2. The van der Waals surface area contributed by atoms with Gasteiger partial charge >= 0.3 is 0 Å². The third kappa shape index (κ3) is 5.83. The lowest BCUT2D eigenvalue weighted by atomic mass is 10.1. The Kier molecular flexibility index (Phi) is 7.63. The second-order valence-corrected chi connectivity index (χ2v) is 9.19. The molecule has 0 aliphatic carbocycles. The molecule has 4 N–H and O–H groups in total. The van der Waals surface area contributed by atoms with Crippen molar-refractivity contribution in [2.45, 2.75) is 38.1 Å². The van der Waals surface area contributed by atoms with Gasteiger partial charge in [0.25, 0.3) is 5.91 Å². The van der Waals surface area contributed by atoms with Crippen LogP contribution in [0.4, 0.5) is 0 Å². The number of carbonyl (C=O) groups is 2. The molecule has 5 aromatic rings. The second-order valence-electron chi connectivity index (χ2n) is 9.19. The van der Waals surface area contributed by atoms with Crippen LogP contribution in [-0.2, 0) is 4.79 Å². The Labute approximate surface area is 220 Å². The van der Waals surface area contributed by atoms with E-state index in [2.05, 4.69) is 61.1 Å². The summed E-state index contributed by atoms with van der Waals surface area (Å²) in [5.41, 5.74) is 2.80. The maximum absolute atomic E-state index is 13.1. The molecule has 1 atom stereocenters. The Hall–Kier alpha value is -4.66. The smallest absolute Gasteiger partial charge is 0.269 e. The largest absolute Gasteiger partial charge is 0.463 e. The molecule has 0 bridgehead atoms. The van der Waals surface area contributed by atoms with E-state index in [1.165, 1.54) is 5.39 Å². The molecule has 3 heterocycles. The van der Waals surface area contributed by atoms with E-state index in [1.54, 1.807) is 37.7 Å². The number of aromatic nitrogens is 4. The van der Waals surface area contributed by atoms with Crippen molar-refractivity contribution >= 4 is 22.6 Å². The topological polar surface area (TPSA) is 129 Å². The van der Waals surface area contributed by atoms with Crippen LogP contribution in [-0.4, -0.2) is 39.0 Å². The Morgan fingerprint density at radius 1 is 1.00 bits per heavy atom. The zero-order chi connectivity index (χ0) is 26.3. The number of nitrogens with zero attached hydrogens (tertiary/aromatic N) is 2. The minimum atomic E-state index is -0.341. The Morgan fingerprint density at radius 3 is 2.68 bits per heavy atom. The van der Waals surface area contributed by atoms with E-state index < -0.39 is 0 Å². The van der Waals surface area contributed by atoms with Gasteiger partial charge in [0.15, 0.2) is 5.76 Å². The quantitative estimate of drug-likeness (QED) is 0.177. The number of carbonyl (C=O) groups excluding carboxylic acids is 2. The Morgan fingerprint density at radius 2 is 1.87 bits per heavy atom. The van der Waals surface area contributed by atoms with Gasteiger partial charge in [-0.25, -0.2) is 4.98 Å². The van der Waals surface area contributed by atoms with Gasteiger partial charge in [0, 0.05) is 25.1 Å². The number of aromatic amines is 2. The highest BCUT2D eigenvalue weighted by molar-refractivity contribution is 5.93. The number of imidazole rings is 1. The molecule has 0 fully saturated rings. The van der Waals surface area contributed by atoms with Gasteiger partial charge in [-0.1, -0.05) is 49.2 Å². The number of rotatable bonds is 11. The van der Waals surface area contributed by atoms with Gasteiger partial charge in [-0.15, -0.1) is 0 Å². The molecule has 194 valence electrons. The fourth-order valence-electron chi connectivity index (χ4n) is 4.45. The van der Waals surface area contributed by atoms with E-state index >= 15 is 0 Å². The summed E-state index contributed by atoms with van der Waals surface area (Å²) < 4.78 is 5.38. The van der Waals surface area contributed by atoms with Gasteiger partial charge in [-0.05, 0) is 41.8 Å². The van der Waals surface area contributed by atoms with Crippen molar-refractivity contribution in [3.63, 3.8) is 0 Å². The van der Waals surface area contributed by atoms with Gasteiger partial charge in [-0.3, -0.25) is 14.7 Å². The summed E-state index contributed by atoms with van der Waals surface area (Å²) in [6.07, 6.45) is 7.00. The maximum Gasteiger partial charge on any atom is 0.269 e. The first-order valence-electron chi connectivity index (χ1n) is 12.8. The van der Waals surface area contributed by atoms with Crippen molar-refractivity contribution in [1.29, 1.82) is 0 Å². The second kappa shape index (κ2) is 11.6. The average Bonchev–Trinajstić information content (AvgIpc) is 3.73. The van der Waals surface area contributed by atoms with E-state index in [0.29, 0.717) is 35.8 Å². The zero-order valence-electron chi connectivity index (χ0n) is 21.2. The van der Waals surface area contributed by atoms with Crippen molar-refractivity contribution < 1.29 is 14.0 Å². The van der Waals surface area contributed by atoms with Gasteiger partial charge in [0.1, 0.15) is 17.2 Å². The molecule has 0 saturated carbocycles. The van der Waals surface area contributed by atoms with Gasteiger partial charge in [0.05, 0.1) is 24.2 Å². The number of furan rings is 1. The highest BCUT2D eigenvalue weighted by Gasteiger charge is 2.21. The van der Waals surface area contributed by atoms with Crippen molar-refractivity contribution in [3.05, 3.63) is 84.6 Å². The third-order valence-corrected chi connectivity index (χ3v) is 6.56. The minimum Gasteiger partial charge on any atom is -0.463 e. The van der Waals surface area contributed by atoms with E-state index in [4.69, 9.17) is 4.42 Å². The summed E-state index contributed by atoms with van der Waals surface area (Å²) in [4.78, 5) is 32.7. The number of benzene rings is 2. The molecule has 1 unspecified atom stereocenters. The van der Waals surface area contributed by atoms with Gasteiger partial charge in [-0.2, -0.15) is 5.10 Å². The number of hydrogen-bond donors (Lipinski definition) is 4. The summed E-state index contributed by atoms with van der Waals surface area (Å²) in [6, 6.07) is 19.4. The van der Waals surface area contributed by atoms with Crippen LogP contribution in [0.1, 0.15) is 54.5 Å². The SMILES string of the molecule is CNC(=O)CCCCCC(NC(=O)c1cc(-c2ccco2)n[nH]1)c1ncc(-c2ccc3ccccc3c2)[nH]1. The lowest BCUT2D eigenvalue weighted by molar-refractivity contribution is -0.120. The molecule has 9 heteroatoms. The lowest BCUT2D eigenvalue weighted by Gasteiger charge is -2.16. The molecule has 5 rings (SSSR count). The lowest BCUT2D eigenvalue weighted by Crippen LogP contribution is -2.29. The molecule has 0 radical (unpaired) electrons. The fourth-order valence-corrected chi connectivity index (χ4v) is 4.45. The van der Waals surface area contributed by atoms with Gasteiger partial charge < -0.3 is 20.0 Å². The van der Waals surface area contributed by atoms with Crippen LogP contribution in [0.15, 0.2) is 77.5 Å². The number of unbranched alkanes of at least 4 members (excludes halogenated alkanes) is 2. The van der Waals surface area contributed by atoms with Crippen LogP contribution in [0.5, 0.6) is 0 Å². The van der Waals surface area contributed by atoms with Crippen LogP contribution in [0, 0.1) is 0 Å². The van der Waals surface area contributed by atoms with E-state index in [1.807, 2.05) is 12.1 Å². The first kappa shape index (κ1) is 25.0. The van der Waals surface area contributed by atoms with Crippen molar-refractivity contribution in [2.24, 2.45) is 0 Å². The number of fused-ring (bicyclic) bond motifs is 1. The third-order valence-electron chi connectivity index (χ3n) is 6.56.